The van der Waals surface area contributed by atoms with Gasteiger partial charge in [0.05, 0.1) is 10.4 Å². The Morgan fingerprint density at radius 3 is 2.80 bits per heavy atom. The van der Waals surface area contributed by atoms with Gasteiger partial charge in [0.2, 0.25) is 5.91 Å². The van der Waals surface area contributed by atoms with Crippen LogP contribution in [0.25, 0.3) is 0 Å². The van der Waals surface area contributed by atoms with Gasteiger partial charge in [-0.2, -0.15) is 0 Å². The number of carbonyl (C=O) groups excluding carboxylic acids is 2. The smallest absolute Gasteiger partial charge is 0.261 e. The molecule has 20 heavy (non-hydrogen) atoms. The van der Waals surface area contributed by atoms with Crippen molar-refractivity contribution in [2.24, 2.45) is 23.5 Å². The number of nitrogens with two attached hydrogens (primary N) is 1. The van der Waals surface area contributed by atoms with Crippen molar-refractivity contribution in [3.8, 4) is 0 Å². The second-order valence-electron chi connectivity index (χ2n) is 5.74. The van der Waals surface area contributed by atoms with Crippen LogP contribution in [0.5, 0.6) is 0 Å². The molecule has 2 aliphatic carbocycles. The van der Waals surface area contributed by atoms with E-state index in [0.717, 1.165) is 19.3 Å². The van der Waals surface area contributed by atoms with Crippen molar-refractivity contribution in [1.29, 1.82) is 0 Å². The highest BCUT2D eigenvalue weighted by Gasteiger charge is 2.47. The summed E-state index contributed by atoms with van der Waals surface area (Å²) in [5.41, 5.74) is 5.55. The summed E-state index contributed by atoms with van der Waals surface area (Å²) >= 11 is 1.22. The number of primary amides is 1. The first kappa shape index (κ1) is 13.6. The van der Waals surface area contributed by atoms with Crippen molar-refractivity contribution in [3.63, 3.8) is 0 Å². The number of aliphatic hydroxyl groups is 1. The predicted octanol–water partition coefficient (Wildman–Crippen LogP) is 0.984. The number of thiophene rings is 1. The largest absolute Gasteiger partial charge is 0.396 e. The molecule has 0 radical (unpaired) electrons. The maximum Gasteiger partial charge on any atom is 0.261 e. The third-order valence-corrected chi connectivity index (χ3v) is 5.63. The first-order valence-corrected chi connectivity index (χ1v) is 7.78. The van der Waals surface area contributed by atoms with Gasteiger partial charge in [0, 0.05) is 23.9 Å². The van der Waals surface area contributed by atoms with E-state index >= 15 is 0 Å². The Morgan fingerprint density at radius 2 is 2.15 bits per heavy atom. The third-order valence-electron chi connectivity index (χ3n) is 4.70. The van der Waals surface area contributed by atoms with Crippen molar-refractivity contribution >= 4 is 23.2 Å². The number of amides is 2. The maximum absolute atomic E-state index is 12.2. The minimum atomic E-state index is -0.520. The lowest BCUT2D eigenvalue weighted by Gasteiger charge is -2.30. The number of hydrogen-bond donors (Lipinski definition) is 3. The van der Waals surface area contributed by atoms with Crippen molar-refractivity contribution < 1.29 is 14.7 Å². The van der Waals surface area contributed by atoms with Gasteiger partial charge >= 0.3 is 0 Å². The summed E-state index contributed by atoms with van der Waals surface area (Å²) in [6.07, 6.45) is 3.39. The molecular formula is C14H18N2O3S. The zero-order chi connectivity index (χ0) is 14.3. The van der Waals surface area contributed by atoms with Crippen LogP contribution in [0, 0.1) is 17.8 Å². The average Bonchev–Trinajstić information content (AvgIpc) is 3.13. The first-order chi connectivity index (χ1) is 9.60. The molecule has 1 aromatic heterocycles. The van der Waals surface area contributed by atoms with E-state index in [1.807, 2.05) is 0 Å². The number of carbonyl (C=O) groups is 2. The highest BCUT2D eigenvalue weighted by molar-refractivity contribution is 7.12. The molecule has 3 rings (SSSR count). The fraction of sp³-hybridized carbons (Fsp3) is 0.571. The molecule has 0 aliphatic heterocycles. The van der Waals surface area contributed by atoms with Crippen molar-refractivity contribution in [3.05, 3.63) is 21.9 Å². The molecule has 2 aliphatic rings. The summed E-state index contributed by atoms with van der Waals surface area (Å²) in [6, 6.07) is 1.59. The molecule has 0 aromatic carbocycles. The topological polar surface area (TPSA) is 92.4 Å². The molecule has 2 amide bonds. The summed E-state index contributed by atoms with van der Waals surface area (Å²) < 4.78 is 0. The molecule has 1 heterocycles. The molecule has 0 saturated heterocycles. The molecule has 2 saturated carbocycles. The molecule has 6 heteroatoms. The number of hydrogen-bond acceptors (Lipinski definition) is 4. The van der Waals surface area contributed by atoms with Gasteiger partial charge in [-0.05, 0) is 37.2 Å². The third kappa shape index (κ3) is 2.23. The molecule has 1 aromatic rings. The van der Waals surface area contributed by atoms with Crippen molar-refractivity contribution in [1.82, 2.24) is 5.32 Å². The molecule has 4 N–H and O–H groups in total. The van der Waals surface area contributed by atoms with Gasteiger partial charge in [0.25, 0.3) is 5.91 Å². The molecular weight excluding hydrogens is 276 g/mol. The van der Waals surface area contributed by atoms with Crippen LogP contribution >= 0.6 is 11.3 Å². The zero-order valence-electron chi connectivity index (χ0n) is 11.0. The second-order valence-corrected chi connectivity index (χ2v) is 6.65. The van der Waals surface area contributed by atoms with E-state index in [1.54, 1.807) is 5.38 Å². The van der Waals surface area contributed by atoms with Gasteiger partial charge in [0.1, 0.15) is 0 Å². The van der Waals surface area contributed by atoms with Gasteiger partial charge in [-0.25, -0.2) is 0 Å². The fourth-order valence-corrected chi connectivity index (χ4v) is 4.50. The zero-order valence-corrected chi connectivity index (χ0v) is 11.9. The monoisotopic (exact) mass is 294 g/mol. The van der Waals surface area contributed by atoms with Crippen molar-refractivity contribution in [2.45, 2.75) is 25.3 Å². The Labute approximate surface area is 121 Å². The number of nitrogens with one attached hydrogen (secondary N) is 1. The lowest BCUT2D eigenvalue weighted by atomic mass is 9.85. The summed E-state index contributed by atoms with van der Waals surface area (Å²) in [7, 11) is 0. The van der Waals surface area contributed by atoms with Crippen molar-refractivity contribution in [2.75, 3.05) is 6.61 Å². The summed E-state index contributed by atoms with van der Waals surface area (Å²) in [4.78, 5) is 23.8. The van der Waals surface area contributed by atoms with E-state index in [0.29, 0.717) is 22.3 Å². The van der Waals surface area contributed by atoms with Crippen LogP contribution in [0.15, 0.2) is 11.4 Å². The second kappa shape index (κ2) is 5.18. The number of rotatable bonds is 4. The first-order valence-electron chi connectivity index (χ1n) is 6.90. The van der Waals surface area contributed by atoms with E-state index in [-0.39, 0.29) is 24.5 Å². The number of fused-ring (bicyclic) bond motifs is 2. The van der Waals surface area contributed by atoms with Crippen LogP contribution < -0.4 is 11.1 Å². The number of aliphatic hydroxyl groups excluding tert-OH is 1. The minimum absolute atomic E-state index is 0.0605. The van der Waals surface area contributed by atoms with Gasteiger partial charge in [-0.15, -0.1) is 11.3 Å². The molecule has 0 spiro atoms. The lowest BCUT2D eigenvalue weighted by Crippen LogP contribution is -2.45. The van der Waals surface area contributed by atoms with Gasteiger partial charge in [-0.3, -0.25) is 9.59 Å². The van der Waals surface area contributed by atoms with E-state index in [9.17, 15) is 14.7 Å². The quantitative estimate of drug-likeness (QED) is 0.773. The molecule has 5 nitrogen and oxygen atoms in total. The van der Waals surface area contributed by atoms with Gasteiger partial charge in [0.15, 0.2) is 0 Å². The summed E-state index contributed by atoms with van der Waals surface area (Å²) in [5.74, 6) is 0.511. The van der Waals surface area contributed by atoms with Crippen LogP contribution in [0.2, 0.25) is 0 Å². The normalized spacial score (nSPS) is 31.4. The lowest BCUT2D eigenvalue weighted by molar-refractivity contribution is 0.0865. The Bertz CT molecular complexity index is 542. The van der Waals surface area contributed by atoms with Gasteiger partial charge < -0.3 is 16.2 Å². The summed E-state index contributed by atoms with van der Waals surface area (Å²) in [6.45, 7) is 0.128. The molecule has 108 valence electrons. The highest BCUT2D eigenvalue weighted by Crippen LogP contribution is 2.48. The Morgan fingerprint density at radius 1 is 1.40 bits per heavy atom. The Hall–Kier alpha value is -1.40. The molecule has 4 unspecified atom stereocenters. The van der Waals surface area contributed by atoms with E-state index in [2.05, 4.69) is 5.32 Å². The maximum atomic E-state index is 12.2. The van der Waals surface area contributed by atoms with E-state index in [1.165, 1.54) is 17.4 Å². The van der Waals surface area contributed by atoms with Crippen LogP contribution in [0.4, 0.5) is 0 Å². The Balaban J connectivity index is 1.70. The standard InChI is InChI=1S/C14H18N2O3S/c15-13(18)9-4-11(20-6-9)14(19)16-12-8-2-1-7(3-8)10(12)5-17/h4,6-8,10,12,17H,1-3,5H2,(H2,15,18)(H,16,19). The van der Waals surface area contributed by atoms with Crippen LogP contribution in [-0.4, -0.2) is 29.6 Å². The van der Waals surface area contributed by atoms with Gasteiger partial charge in [-0.1, -0.05) is 0 Å². The molecule has 2 fully saturated rings. The summed E-state index contributed by atoms with van der Waals surface area (Å²) in [5, 5.41) is 14.1. The molecule has 2 bridgehead atoms. The molecule has 4 atom stereocenters. The SMILES string of the molecule is NC(=O)c1csc(C(=O)NC2C3CCC(C3)C2CO)c1. The van der Waals surface area contributed by atoms with E-state index in [4.69, 9.17) is 5.73 Å². The van der Waals surface area contributed by atoms with E-state index < -0.39 is 5.91 Å². The van der Waals surface area contributed by atoms with Crippen LogP contribution in [0.1, 0.15) is 39.3 Å². The average molecular weight is 294 g/mol. The predicted molar refractivity (Wildman–Crippen MR) is 75.5 cm³/mol. The Kier molecular flexibility index (Phi) is 3.52. The van der Waals surface area contributed by atoms with Crippen LogP contribution in [0.3, 0.4) is 0 Å². The fourth-order valence-electron chi connectivity index (χ4n) is 3.71. The minimum Gasteiger partial charge on any atom is -0.396 e. The highest BCUT2D eigenvalue weighted by atomic mass is 32.1. The van der Waals surface area contributed by atoms with Crippen LogP contribution in [-0.2, 0) is 0 Å².